The highest BCUT2D eigenvalue weighted by Crippen LogP contribution is 2.40. The third kappa shape index (κ3) is 3.86. The summed E-state index contributed by atoms with van der Waals surface area (Å²) in [5.74, 6) is 1.09. The Balaban J connectivity index is 1.51. The number of amides is 1. The molecule has 4 heterocycles. The van der Waals surface area contributed by atoms with Gasteiger partial charge in [0.25, 0.3) is 0 Å². The van der Waals surface area contributed by atoms with Crippen molar-refractivity contribution in [1.29, 1.82) is 0 Å². The highest BCUT2D eigenvalue weighted by Gasteiger charge is 2.42. The molecular formula is C22H29N5O. The SMILES string of the molecule is CCc1nc(N2CCC[C@@]3(CCC(=O)N(Cc4ccccn4)C3)C2)ncc1C. The Labute approximate surface area is 167 Å². The van der Waals surface area contributed by atoms with Crippen LogP contribution in [-0.4, -0.2) is 45.4 Å². The second kappa shape index (κ2) is 7.86. The number of hydrogen-bond donors (Lipinski definition) is 0. The van der Waals surface area contributed by atoms with E-state index >= 15 is 0 Å². The standard InChI is InChI=1S/C22H29N5O/c1-3-19-17(2)13-24-21(25-19)26-12-6-9-22(15-26)10-8-20(28)27(16-22)14-18-7-4-5-11-23-18/h4-5,7,11,13H,3,6,8-10,12,14-16H2,1-2H3/t22-/m1/s1. The molecule has 148 valence electrons. The summed E-state index contributed by atoms with van der Waals surface area (Å²) in [5, 5.41) is 0. The number of aryl methyl sites for hydroxylation is 2. The van der Waals surface area contributed by atoms with Gasteiger partial charge in [0.1, 0.15) is 0 Å². The van der Waals surface area contributed by atoms with Gasteiger partial charge in [0, 0.05) is 49.6 Å². The van der Waals surface area contributed by atoms with Crippen LogP contribution in [0.1, 0.15) is 49.6 Å². The van der Waals surface area contributed by atoms with Crippen molar-refractivity contribution < 1.29 is 4.79 Å². The van der Waals surface area contributed by atoms with Crippen LogP contribution in [0.25, 0.3) is 0 Å². The lowest BCUT2D eigenvalue weighted by Gasteiger charge is -2.48. The number of anilines is 1. The predicted octanol–water partition coefficient (Wildman–Crippen LogP) is 3.15. The average molecular weight is 380 g/mol. The van der Waals surface area contributed by atoms with Gasteiger partial charge in [-0.3, -0.25) is 9.78 Å². The van der Waals surface area contributed by atoms with Gasteiger partial charge in [-0.05, 0) is 50.3 Å². The van der Waals surface area contributed by atoms with Crippen molar-refractivity contribution in [2.24, 2.45) is 5.41 Å². The summed E-state index contributed by atoms with van der Waals surface area (Å²) in [5.41, 5.74) is 3.36. The number of carbonyl (C=O) groups is 1. The van der Waals surface area contributed by atoms with Crippen LogP contribution >= 0.6 is 0 Å². The van der Waals surface area contributed by atoms with Crippen LogP contribution in [0.3, 0.4) is 0 Å². The maximum absolute atomic E-state index is 12.6. The van der Waals surface area contributed by atoms with E-state index in [-0.39, 0.29) is 11.3 Å². The van der Waals surface area contributed by atoms with Crippen molar-refractivity contribution in [1.82, 2.24) is 19.9 Å². The summed E-state index contributed by atoms with van der Waals surface area (Å²) in [6.07, 6.45) is 8.50. The van der Waals surface area contributed by atoms with E-state index in [1.165, 1.54) is 0 Å². The first kappa shape index (κ1) is 18.8. The highest BCUT2D eigenvalue weighted by atomic mass is 16.2. The molecule has 2 aliphatic rings. The zero-order valence-electron chi connectivity index (χ0n) is 16.9. The van der Waals surface area contributed by atoms with E-state index in [4.69, 9.17) is 4.98 Å². The third-order valence-electron chi connectivity index (χ3n) is 6.17. The molecule has 6 heteroatoms. The van der Waals surface area contributed by atoms with Gasteiger partial charge in [0.2, 0.25) is 11.9 Å². The molecule has 0 radical (unpaired) electrons. The van der Waals surface area contributed by atoms with Crippen LogP contribution in [0.5, 0.6) is 0 Å². The molecule has 0 aliphatic carbocycles. The number of likely N-dealkylation sites (tertiary alicyclic amines) is 1. The van der Waals surface area contributed by atoms with Crippen LogP contribution in [0.2, 0.25) is 0 Å². The summed E-state index contributed by atoms with van der Waals surface area (Å²) in [7, 11) is 0. The minimum absolute atomic E-state index is 0.127. The summed E-state index contributed by atoms with van der Waals surface area (Å²) < 4.78 is 0. The fourth-order valence-corrected chi connectivity index (χ4v) is 4.62. The molecule has 2 aliphatic heterocycles. The minimum Gasteiger partial charge on any atom is -0.340 e. The largest absolute Gasteiger partial charge is 0.340 e. The first-order valence-electron chi connectivity index (χ1n) is 10.3. The summed E-state index contributed by atoms with van der Waals surface area (Å²) in [6.45, 7) is 7.52. The van der Waals surface area contributed by atoms with Gasteiger partial charge in [0.15, 0.2) is 0 Å². The van der Waals surface area contributed by atoms with Gasteiger partial charge in [-0.1, -0.05) is 13.0 Å². The van der Waals surface area contributed by atoms with Gasteiger partial charge in [0.05, 0.1) is 12.2 Å². The van der Waals surface area contributed by atoms with E-state index < -0.39 is 0 Å². The Morgan fingerprint density at radius 2 is 2.07 bits per heavy atom. The molecule has 2 aromatic heterocycles. The fraction of sp³-hybridized carbons (Fsp3) is 0.545. The zero-order valence-corrected chi connectivity index (χ0v) is 16.9. The molecule has 6 nitrogen and oxygen atoms in total. The van der Waals surface area contributed by atoms with Crippen LogP contribution in [0.4, 0.5) is 5.95 Å². The van der Waals surface area contributed by atoms with Gasteiger partial charge >= 0.3 is 0 Å². The number of carbonyl (C=O) groups excluding carboxylic acids is 1. The minimum atomic E-state index is 0.127. The van der Waals surface area contributed by atoms with Crippen molar-refractivity contribution in [3.63, 3.8) is 0 Å². The van der Waals surface area contributed by atoms with Crippen LogP contribution in [-0.2, 0) is 17.8 Å². The molecular weight excluding hydrogens is 350 g/mol. The number of aromatic nitrogens is 3. The van der Waals surface area contributed by atoms with Gasteiger partial charge < -0.3 is 9.80 Å². The van der Waals surface area contributed by atoms with Gasteiger partial charge in [-0.15, -0.1) is 0 Å². The van der Waals surface area contributed by atoms with E-state index in [0.717, 1.165) is 68.2 Å². The fourth-order valence-electron chi connectivity index (χ4n) is 4.62. The van der Waals surface area contributed by atoms with Gasteiger partial charge in [-0.2, -0.15) is 0 Å². The number of hydrogen-bond acceptors (Lipinski definition) is 5. The Morgan fingerprint density at radius 3 is 2.86 bits per heavy atom. The molecule has 0 N–H and O–H groups in total. The van der Waals surface area contributed by atoms with Crippen molar-refractivity contribution in [2.45, 2.75) is 52.5 Å². The lowest BCUT2D eigenvalue weighted by atomic mass is 9.73. The van der Waals surface area contributed by atoms with Crippen molar-refractivity contribution in [3.8, 4) is 0 Å². The van der Waals surface area contributed by atoms with Crippen LogP contribution < -0.4 is 4.90 Å². The molecule has 0 bridgehead atoms. The highest BCUT2D eigenvalue weighted by molar-refractivity contribution is 5.77. The second-order valence-electron chi connectivity index (χ2n) is 8.25. The van der Waals surface area contributed by atoms with Crippen molar-refractivity contribution >= 4 is 11.9 Å². The monoisotopic (exact) mass is 379 g/mol. The summed E-state index contributed by atoms with van der Waals surface area (Å²) in [4.78, 5) is 30.7. The molecule has 0 saturated carbocycles. The summed E-state index contributed by atoms with van der Waals surface area (Å²) in [6, 6.07) is 5.89. The molecule has 2 fully saturated rings. The molecule has 1 amide bonds. The van der Waals surface area contributed by atoms with E-state index in [2.05, 4.69) is 28.7 Å². The topological polar surface area (TPSA) is 62.2 Å². The smallest absolute Gasteiger partial charge is 0.225 e. The van der Waals surface area contributed by atoms with Crippen molar-refractivity contribution in [3.05, 3.63) is 47.5 Å². The molecule has 4 rings (SSSR count). The molecule has 0 unspecified atom stereocenters. The Bertz CT molecular complexity index is 840. The van der Waals surface area contributed by atoms with E-state index in [9.17, 15) is 4.79 Å². The Morgan fingerprint density at radius 1 is 1.18 bits per heavy atom. The predicted molar refractivity (Wildman–Crippen MR) is 109 cm³/mol. The Kier molecular flexibility index (Phi) is 5.29. The van der Waals surface area contributed by atoms with Crippen LogP contribution in [0.15, 0.2) is 30.6 Å². The Hall–Kier alpha value is -2.50. The molecule has 2 saturated heterocycles. The summed E-state index contributed by atoms with van der Waals surface area (Å²) >= 11 is 0. The zero-order chi connectivity index (χ0) is 19.6. The lowest BCUT2D eigenvalue weighted by Crippen LogP contribution is -2.54. The number of nitrogens with zero attached hydrogens (tertiary/aromatic N) is 5. The maximum atomic E-state index is 12.6. The first-order valence-corrected chi connectivity index (χ1v) is 10.3. The average Bonchev–Trinajstić information content (AvgIpc) is 2.72. The molecule has 0 aromatic carbocycles. The molecule has 28 heavy (non-hydrogen) atoms. The van der Waals surface area contributed by atoms with E-state index in [1.54, 1.807) is 6.20 Å². The van der Waals surface area contributed by atoms with E-state index in [0.29, 0.717) is 13.0 Å². The quantitative estimate of drug-likeness (QED) is 0.817. The number of pyridine rings is 1. The van der Waals surface area contributed by atoms with Gasteiger partial charge in [-0.25, -0.2) is 9.97 Å². The third-order valence-corrected chi connectivity index (χ3v) is 6.17. The molecule has 1 spiro atoms. The molecule has 2 aromatic rings. The first-order chi connectivity index (χ1) is 13.6. The molecule has 1 atom stereocenters. The van der Waals surface area contributed by atoms with Crippen LogP contribution in [0, 0.1) is 12.3 Å². The van der Waals surface area contributed by atoms with Crippen molar-refractivity contribution in [2.75, 3.05) is 24.5 Å². The van der Waals surface area contributed by atoms with E-state index in [1.807, 2.05) is 29.3 Å². The normalized spacial score (nSPS) is 22.7. The second-order valence-corrected chi connectivity index (χ2v) is 8.25. The lowest BCUT2D eigenvalue weighted by molar-refractivity contribution is -0.138. The number of rotatable bonds is 4. The maximum Gasteiger partial charge on any atom is 0.225 e. The number of piperidine rings is 2.